The molecule has 0 fully saturated rings. The van der Waals surface area contributed by atoms with Gasteiger partial charge in [-0.25, -0.2) is 10.4 Å². The molecule has 0 saturated carbocycles. The maximum atomic E-state index is 12.1. The maximum Gasteiger partial charge on any atom is 0.278 e. The van der Waals surface area contributed by atoms with Crippen LogP contribution < -0.4 is 10.2 Å². The minimum absolute atomic E-state index is 0.0521. The van der Waals surface area contributed by atoms with Crippen LogP contribution in [0.4, 0.5) is 0 Å². The Morgan fingerprint density at radius 1 is 1.33 bits per heavy atom. The van der Waals surface area contributed by atoms with Crippen LogP contribution >= 0.6 is 0 Å². The Morgan fingerprint density at radius 2 is 2.13 bits per heavy atom. The molecule has 1 heterocycles. The van der Waals surface area contributed by atoms with Gasteiger partial charge in [-0.3, -0.25) is 4.79 Å². The van der Waals surface area contributed by atoms with Gasteiger partial charge in [0.05, 0.1) is 12.8 Å². The molecule has 0 aliphatic heterocycles. The summed E-state index contributed by atoms with van der Waals surface area (Å²) in [6.45, 7) is 1.61. The number of rotatable bonds is 7. The van der Waals surface area contributed by atoms with E-state index in [4.69, 9.17) is 9.47 Å². The fourth-order valence-corrected chi connectivity index (χ4v) is 2.96. The molecule has 152 valence electrons. The van der Waals surface area contributed by atoms with Gasteiger partial charge in [0.1, 0.15) is 17.4 Å². The molecule has 30 heavy (non-hydrogen) atoms. The molecule has 8 nitrogen and oxygen atoms in total. The van der Waals surface area contributed by atoms with Crippen molar-refractivity contribution in [1.82, 2.24) is 10.4 Å². The van der Waals surface area contributed by atoms with Crippen molar-refractivity contribution in [3.05, 3.63) is 64.8 Å². The SMILES string of the molecule is COCc1cc(C)nc(OCC(=O)N/N=C\c2c(O)ccc3ccccc23)c1C#N. The van der Waals surface area contributed by atoms with Crippen LogP contribution in [0, 0.1) is 18.3 Å². The lowest BCUT2D eigenvalue weighted by Crippen LogP contribution is -2.25. The number of nitrogens with one attached hydrogen (secondary N) is 1. The summed E-state index contributed by atoms with van der Waals surface area (Å²) in [5.41, 5.74) is 4.33. The predicted octanol–water partition coefficient (Wildman–Crippen LogP) is 2.80. The van der Waals surface area contributed by atoms with Crippen LogP contribution in [0.5, 0.6) is 11.6 Å². The molecule has 2 N–H and O–H groups in total. The molecule has 0 aliphatic carbocycles. The molecule has 3 aromatic rings. The van der Waals surface area contributed by atoms with Gasteiger partial charge in [-0.1, -0.05) is 30.3 Å². The van der Waals surface area contributed by atoms with Crippen molar-refractivity contribution in [2.45, 2.75) is 13.5 Å². The summed E-state index contributed by atoms with van der Waals surface area (Å²) in [5.74, 6) is -0.418. The number of phenolic OH excluding ortho intramolecular Hbond substituents is 1. The van der Waals surface area contributed by atoms with Crippen molar-refractivity contribution in [3.8, 4) is 17.7 Å². The molecule has 0 saturated heterocycles. The van der Waals surface area contributed by atoms with Crippen molar-refractivity contribution < 1.29 is 19.4 Å². The lowest BCUT2D eigenvalue weighted by Gasteiger charge is -2.10. The third-order valence-electron chi connectivity index (χ3n) is 4.28. The van der Waals surface area contributed by atoms with Crippen LogP contribution in [-0.2, 0) is 16.1 Å². The second-order valence-corrected chi connectivity index (χ2v) is 6.45. The maximum absolute atomic E-state index is 12.1. The fourth-order valence-electron chi connectivity index (χ4n) is 2.96. The highest BCUT2D eigenvalue weighted by Crippen LogP contribution is 2.25. The molecule has 8 heteroatoms. The number of hydrogen-bond acceptors (Lipinski definition) is 7. The van der Waals surface area contributed by atoms with E-state index in [0.29, 0.717) is 16.8 Å². The molecule has 0 bridgehead atoms. The van der Waals surface area contributed by atoms with Crippen LogP contribution in [0.25, 0.3) is 10.8 Å². The highest BCUT2D eigenvalue weighted by atomic mass is 16.5. The molecule has 0 radical (unpaired) electrons. The third-order valence-corrected chi connectivity index (χ3v) is 4.28. The number of carbonyl (C=O) groups excluding carboxylic acids is 1. The number of hydrazone groups is 1. The van der Waals surface area contributed by atoms with Gasteiger partial charge in [0.15, 0.2) is 6.61 Å². The van der Waals surface area contributed by atoms with Gasteiger partial charge in [-0.05, 0) is 29.8 Å². The van der Waals surface area contributed by atoms with Crippen LogP contribution in [0.3, 0.4) is 0 Å². The molecule has 0 unspecified atom stereocenters. The number of aryl methyl sites for hydroxylation is 1. The first-order valence-corrected chi connectivity index (χ1v) is 9.08. The van der Waals surface area contributed by atoms with Crippen molar-refractivity contribution in [2.24, 2.45) is 5.10 Å². The Labute approximate surface area is 173 Å². The second-order valence-electron chi connectivity index (χ2n) is 6.45. The summed E-state index contributed by atoms with van der Waals surface area (Å²) in [6, 6.07) is 14.6. The molecule has 0 spiro atoms. The molecular formula is C22H20N4O4. The topological polar surface area (TPSA) is 117 Å². The second kappa shape index (κ2) is 9.49. The number of amides is 1. The summed E-state index contributed by atoms with van der Waals surface area (Å²) in [7, 11) is 1.52. The Kier molecular flexibility index (Phi) is 6.57. The van der Waals surface area contributed by atoms with E-state index >= 15 is 0 Å². The average Bonchev–Trinajstić information content (AvgIpc) is 2.74. The number of nitriles is 1. The number of aromatic nitrogens is 1. The first kappa shape index (κ1) is 20.8. The summed E-state index contributed by atoms with van der Waals surface area (Å²) >= 11 is 0. The third kappa shape index (κ3) is 4.71. The Bertz CT molecular complexity index is 1150. The average molecular weight is 404 g/mol. The number of phenols is 1. The monoisotopic (exact) mass is 404 g/mol. The fraction of sp³-hybridized carbons (Fsp3) is 0.182. The number of benzene rings is 2. The number of pyridine rings is 1. The van der Waals surface area contributed by atoms with Gasteiger partial charge >= 0.3 is 0 Å². The zero-order chi connectivity index (χ0) is 21.5. The largest absolute Gasteiger partial charge is 0.507 e. The van der Waals surface area contributed by atoms with Crippen LogP contribution in [0.2, 0.25) is 0 Å². The molecule has 3 rings (SSSR count). The van der Waals surface area contributed by atoms with E-state index in [1.54, 1.807) is 25.1 Å². The van der Waals surface area contributed by atoms with Gasteiger partial charge in [-0.15, -0.1) is 0 Å². The van der Waals surface area contributed by atoms with Gasteiger partial charge in [0.25, 0.3) is 5.91 Å². The van der Waals surface area contributed by atoms with E-state index < -0.39 is 5.91 Å². The van der Waals surface area contributed by atoms with Crippen molar-refractivity contribution in [3.63, 3.8) is 0 Å². The quantitative estimate of drug-likeness (QED) is 0.462. The lowest BCUT2D eigenvalue weighted by atomic mass is 10.0. The first-order valence-electron chi connectivity index (χ1n) is 9.08. The Morgan fingerprint density at radius 3 is 2.90 bits per heavy atom. The number of nitrogens with zero attached hydrogens (tertiary/aromatic N) is 3. The molecule has 0 atom stereocenters. The van der Waals surface area contributed by atoms with E-state index in [1.807, 2.05) is 30.3 Å². The number of aromatic hydroxyl groups is 1. The van der Waals surface area contributed by atoms with E-state index in [0.717, 1.165) is 10.8 Å². The highest BCUT2D eigenvalue weighted by Gasteiger charge is 2.14. The van der Waals surface area contributed by atoms with Crippen LogP contribution in [0.1, 0.15) is 22.4 Å². The number of hydrogen-bond donors (Lipinski definition) is 2. The minimum atomic E-state index is -0.536. The van der Waals surface area contributed by atoms with Crippen molar-refractivity contribution in [2.75, 3.05) is 13.7 Å². The van der Waals surface area contributed by atoms with E-state index in [1.165, 1.54) is 13.3 Å². The number of ether oxygens (including phenoxy) is 2. The molecule has 0 aliphatic rings. The first-order chi connectivity index (χ1) is 14.5. The highest BCUT2D eigenvalue weighted by molar-refractivity contribution is 6.02. The van der Waals surface area contributed by atoms with Crippen molar-refractivity contribution >= 4 is 22.9 Å². The molecular weight excluding hydrogens is 384 g/mol. The standard InChI is InChI=1S/C22H20N4O4/c1-14-9-16(12-29-2)18(10-23)22(25-14)30-13-21(28)26-24-11-19-17-6-4-3-5-15(17)7-8-20(19)27/h3-9,11,27H,12-13H2,1-2H3,(H,26,28)/b24-11-. The van der Waals surface area contributed by atoms with Crippen molar-refractivity contribution in [1.29, 1.82) is 5.26 Å². The molecule has 2 aromatic carbocycles. The zero-order valence-corrected chi connectivity index (χ0v) is 16.5. The predicted molar refractivity (Wildman–Crippen MR) is 111 cm³/mol. The Balaban J connectivity index is 1.68. The minimum Gasteiger partial charge on any atom is -0.507 e. The zero-order valence-electron chi connectivity index (χ0n) is 16.5. The van der Waals surface area contributed by atoms with E-state index in [2.05, 4.69) is 15.5 Å². The van der Waals surface area contributed by atoms with Gasteiger partial charge < -0.3 is 14.6 Å². The number of methoxy groups -OCH3 is 1. The van der Waals surface area contributed by atoms with Gasteiger partial charge in [0, 0.05) is 23.9 Å². The Hall–Kier alpha value is -3.96. The van der Waals surface area contributed by atoms with E-state index in [-0.39, 0.29) is 30.4 Å². The summed E-state index contributed by atoms with van der Waals surface area (Å²) in [5, 5.41) is 25.1. The normalized spacial score (nSPS) is 10.8. The summed E-state index contributed by atoms with van der Waals surface area (Å²) < 4.78 is 10.5. The van der Waals surface area contributed by atoms with Gasteiger partial charge in [0.2, 0.25) is 5.88 Å². The molecule has 1 amide bonds. The smallest absolute Gasteiger partial charge is 0.278 e. The van der Waals surface area contributed by atoms with E-state index in [9.17, 15) is 15.2 Å². The summed E-state index contributed by atoms with van der Waals surface area (Å²) in [4.78, 5) is 16.3. The lowest BCUT2D eigenvalue weighted by molar-refractivity contribution is -0.123. The van der Waals surface area contributed by atoms with Crippen LogP contribution in [-0.4, -0.2) is 35.9 Å². The van der Waals surface area contributed by atoms with Crippen LogP contribution in [0.15, 0.2) is 47.6 Å². The molecule has 1 aromatic heterocycles. The number of fused-ring (bicyclic) bond motifs is 1. The summed E-state index contributed by atoms with van der Waals surface area (Å²) in [6.07, 6.45) is 1.37. The number of carbonyl (C=O) groups is 1. The van der Waals surface area contributed by atoms with Gasteiger partial charge in [-0.2, -0.15) is 10.4 Å².